The van der Waals surface area contributed by atoms with Gasteiger partial charge in [0.1, 0.15) is 12.4 Å². The molecule has 1 aromatic rings. The number of nitrogens with one attached hydrogen (secondary N) is 1. The van der Waals surface area contributed by atoms with Crippen LogP contribution < -0.4 is 10.1 Å². The predicted octanol–water partition coefficient (Wildman–Crippen LogP) is 2.66. The number of urea groups is 1. The molecule has 0 spiro atoms. The first-order valence-corrected chi connectivity index (χ1v) is 10.2. The number of carbonyl (C=O) groups excluding carboxylic acids is 1. The van der Waals surface area contributed by atoms with E-state index in [0.717, 1.165) is 44.8 Å². The van der Waals surface area contributed by atoms with Crippen LogP contribution in [0.1, 0.15) is 31.2 Å². The van der Waals surface area contributed by atoms with Crippen LogP contribution in [-0.2, 0) is 4.74 Å². The Morgan fingerprint density at radius 1 is 1.26 bits per heavy atom. The molecule has 27 heavy (non-hydrogen) atoms. The van der Waals surface area contributed by atoms with Crippen molar-refractivity contribution in [2.24, 2.45) is 0 Å². The number of amides is 2. The molecule has 1 aromatic carbocycles. The highest BCUT2D eigenvalue weighted by Gasteiger charge is 2.25. The average Bonchev–Trinajstić information content (AvgIpc) is 3.18. The number of nitrogens with zero attached hydrogens (tertiary/aromatic N) is 2. The van der Waals surface area contributed by atoms with E-state index in [1.807, 2.05) is 31.3 Å². The van der Waals surface area contributed by atoms with Gasteiger partial charge in [0.25, 0.3) is 0 Å². The predicted molar refractivity (Wildman–Crippen MR) is 106 cm³/mol. The maximum absolute atomic E-state index is 12.4. The van der Waals surface area contributed by atoms with Crippen molar-refractivity contribution in [1.29, 1.82) is 0 Å². The van der Waals surface area contributed by atoms with Gasteiger partial charge >= 0.3 is 6.03 Å². The Balaban J connectivity index is 1.30. The summed E-state index contributed by atoms with van der Waals surface area (Å²) in [5.74, 6) is 0.841. The number of hydrogen-bond donors (Lipinski definition) is 1. The molecule has 2 heterocycles. The van der Waals surface area contributed by atoms with Crippen molar-refractivity contribution >= 4 is 6.03 Å². The number of hydrogen-bond acceptors (Lipinski definition) is 4. The minimum Gasteiger partial charge on any atom is -0.492 e. The summed E-state index contributed by atoms with van der Waals surface area (Å²) in [5, 5.41) is 3.16. The maximum atomic E-state index is 12.4. The van der Waals surface area contributed by atoms with Gasteiger partial charge in [-0.25, -0.2) is 4.79 Å². The third-order valence-electron chi connectivity index (χ3n) is 5.46. The highest BCUT2D eigenvalue weighted by molar-refractivity contribution is 5.74. The van der Waals surface area contributed by atoms with Gasteiger partial charge in [-0.2, -0.15) is 0 Å². The largest absolute Gasteiger partial charge is 0.492 e. The van der Waals surface area contributed by atoms with Crippen molar-refractivity contribution < 1.29 is 14.3 Å². The molecule has 6 nitrogen and oxygen atoms in total. The van der Waals surface area contributed by atoms with Gasteiger partial charge in [-0.1, -0.05) is 17.7 Å². The van der Waals surface area contributed by atoms with Gasteiger partial charge in [-0.3, -0.25) is 0 Å². The fraction of sp³-hybridized carbons (Fsp3) is 0.667. The number of piperidine rings is 1. The maximum Gasteiger partial charge on any atom is 0.317 e. The van der Waals surface area contributed by atoms with E-state index in [-0.39, 0.29) is 12.1 Å². The lowest BCUT2D eigenvalue weighted by Crippen LogP contribution is -2.49. The van der Waals surface area contributed by atoms with E-state index < -0.39 is 0 Å². The topological polar surface area (TPSA) is 54.0 Å². The lowest BCUT2D eigenvalue weighted by Gasteiger charge is -2.34. The third-order valence-corrected chi connectivity index (χ3v) is 5.46. The van der Waals surface area contributed by atoms with E-state index in [0.29, 0.717) is 19.3 Å². The van der Waals surface area contributed by atoms with Crippen molar-refractivity contribution in [3.05, 3.63) is 29.8 Å². The van der Waals surface area contributed by atoms with E-state index in [1.165, 1.54) is 18.4 Å². The van der Waals surface area contributed by atoms with Crippen LogP contribution in [-0.4, -0.2) is 74.4 Å². The molecule has 0 aliphatic carbocycles. The summed E-state index contributed by atoms with van der Waals surface area (Å²) in [4.78, 5) is 16.6. The van der Waals surface area contributed by atoms with Crippen LogP contribution in [0.25, 0.3) is 0 Å². The monoisotopic (exact) mass is 375 g/mol. The number of aryl methyl sites for hydroxylation is 1. The zero-order chi connectivity index (χ0) is 19.1. The number of likely N-dealkylation sites (tertiary alicyclic amines) is 1. The van der Waals surface area contributed by atoms with Gasteiger partial charge in [-0.15, -0.1) is 0 Å². The van der Waals surface area contributed by atoms with E-state index in [9.17, 15) is 4.79 Å². The first-order valence-electron chi connectivity index (χ1n) is 10.2. The van der Waals surface area contributed by atoms with E-state index in [2.05, 4.69) is 17.1 Å². The molecule has 150 valence electrons. The molecule has 0 bridgehead atoms. The van der Waals surface area contributed by atoms with Gasteiger partial charge in [0.15, 0.2) is 0 Å². The van der Waals surface area contributed by atoms with Gasteiger partial charge < -0.3 is 24.6 Å². The first kappa shape index (κ1) is 20.0. The smallest absolute Gasteiger partial charge is 0.317 e. The quantitative estimate of drug-likeness (QED) is 0.796. The van der Waals surface area contributed by atoms with Crippen LogP contribution >= 0.6 is 0 Å². The number of rotatable bonds is 7. The van der Waals surface area contributed by atoms with Crippen LogP contribution in [0.15, 0.2) is 24.3 Å². The average molecular weight is 376 g/mol. The Bertz CT molecular complexity index is 579. The Labute approximate surface area is 162 Å². The van der Waals surface area contributed by atoms with Gasteiger partial charge in [-0.05, 0) is 44.7 Å². The van der Waals surface area contributed by atoms with Gasteiger partial charge in [0.2, 0.25) is 0 Å². The minimum absolute atomic E-state index is 0.0138. The molecule has 2 saturated heterocycles. The van der Waals surface area contributed by atoms with Crippen molar-refractivity contribution in [2.75, 3.05) is 46.4 Å². The minimum atomic E-state index is -0.0138. The Hall–Kier alpha value is -1.79. The highest BCUT2D eigenvalue weighted by Crippen LogP contribution is 2.17. The normalized spacial score (nSPS) is 21.2. The number of likely N-dealkylation sites (N-methyl/N-ethyl adjacent to an activating group) is 1. The summed E-state index contributed by atoms with van der Waals surface area (Å²) in [7, 11) is 1.82. The first-order chi connectivity index (χ1) is 13.1. The molecule has 1 N–H and O–H groups in total. The van der Waals surface area contributed by atoms with Crippen molar-refractivity contribution in [3.63, 3.8) is 0 Å². The molecule has 0 saturated carbocycles. The number of benzene rings is 1. The summed E-state index contributed by atoms with van der Waals surface area (Å²) >= 11 is 0. The van der Waals surface area contributed by atoms with E-state index in [4.69, 9.17) is 9.47 Å². The SMILES string of the molecule is Cc1ccc(OCCN(C)C(=O)NC2CCN(C[C@@H]3CCCO3)CC2)cc1. The second-order valence-electron chi connectivity index (χ2n) is 7.74. The van der Waals surface area contributed by atoms with Crippen LogP contribution in [0, 0.1) is 6.92 Å². The second kappa shape index (κ2) is 9.95. The van der Waals surface area contributed by atoms with Crippen molar-refractivity contribution in [1.82, 2.24) is 15.1 Å². The van der Waals surface area contributed by atoms with Crippen LogP contribution in [0.3, 0.4) is 0 Å². The molecule has 2 fully saturated rings. The van der Waals surface area contributed by atoms with Gasteiger partial charge in [0.05, 0.1) is 12.6 Å². The Kier molecular flexibility index (Phi) is 7.35. The van der Waals surface area contributed by atoms with Crippen LogP contribution in [0.2, 0.25) is 0 Å². The van der Waals surface area contributed by atoms with Crippen molar-refractivity contribution in [3.8, 4) is 5.75 Å². The lowest BCUT2D eigenvalue weighted by atomic mass is 10.0. The van der Waals surface area contributed by atoms with Crippen molar-refractivity contribution in [2.45, 2.75) is 44.8 Å². The lowest BCUT2D eigenvalue weighted by molar-refractivity contribution is 0.0628. The zero-order valence-corrected chi connectivity index (χ0v) is 16.7. The fourth-order valence-electron chi connectivity index (χ4n) is 3.66. The van der Waals surface area contributed by atoms with Crippen LogP contribution in [0.4, 0.5) is 4.79 Å². The molecule has 0 unspecified atom stereocenters. The molecular formula is C21H33N3O3. The molecule has 2 aliphatic rings. The van der Waals surface area contributed by atoms with Crippen LogP contribution in [0.5, 0.6) is 5.75 Å². The Morgan fingerprint density at radius 3 is 2.67 bits per heavy atom. The number of ether oxygens (including phenoxy) is 2. The summed E-state index contributed by atoms with van der Waals surface area (Å²) in [6.45, 7) is 7.13. The number of carbonyl (C=O) groups is 1. The summed E-state index contributed by atoms with van der Waals surface area (Å²) in [5.41, 5.74) is 1.21. The molecule has 2 amide bonds. The third kappa shape index (κ3) is 6.40. The molecule has 0 radical (unpaired) electrons. The molecule has 3 rings (SSSR count). The fourth-order valence-corrected chi connectivity index (χ4v) is 3.66. The van der Waals surface area contributed by atoms with E-state index >= 15 is 0 Å². The highest BCUT2D eigenvalue weighted by atomic mass is 16.5. The summed E-state index contributed by atoms with van der Waals surface area (Å²) in [6.07, 6.45) is 4.80. The standard InChI is InChI=1S/C21H33N3O3/c1-17-5-7-19(8-6-17)27-15-13-23(2)21(25)22-18-9-11-24(12-10-18)16-20-4-3-14-26-20/h5-8,18,20H,3-4,9-16H2,1-2H3,(H,22,25)/t20-/m0/s1. The summed E-state index contributed by atoms with van der Waals surface area (Å²) < 4.78 is 11.4. The second-order valence-corrected chi connectivity index (χ2v) is 7.74. The van der Waals surface area contributed by atoms with Gasteiger partial charge in [0, 0.05) is 39.3 Å². The summed E-state index contributed by atoms with van der Waals surface area (Å²) in [6, 6.07) is 8.21. The molecule has 6 heteroatoms. The Morgan fingerprint density at radius 2 is 2.00 bits per heavy atom. The van der Waals surface area contributed by atoms with E-state index in [1.54, 1.807) is 4.90 Å². The molecule has 2 aliphatic heterocycles. The molecule has 0 aromatic heterocycles. The molecule has 1 atom stereocenters. The molecular weight excluding hydrogens is 342 g/mol. The zero-order valence-electron chi connectivity index (χ0n) is 16.7.